The first kappa shape index (κ1) is 21.0. The van der Waals surface area contributed by atoms with Gasteiger partial charge in [-0.3, -0.25) is 14.0 Å². The smallest absolute Gasteiger partial charge is 0.350 e. The normalized spacial score (nSPS) is 10.8. The lowest BCUT2D eigenvalue weighted by atomic mass is 10.2. The number of hydrogen-bond acceptors (Lipinski definition) is 6. The molecule has 156 valence electrons. The lowest BCUT2D eigenvalue weighted by Crippen LogP contribution is -2.26. The van der Waals surface area contributed by atoms with Crippen LogP contribution in [-0.2, 0) is 4.74 Å². The summed E-state index contributed by atoms with van der Waals surface area (Å²) >= 11 is 4.61. The molecule has 0 saturated carbocycles. The van der Waals surface area contributed by atoms with E-state index < -0.39 is 17.4 Å². The molecule has 0 bridgehead atoms. The molecule has 1 aromatic carbocycles. The highest BCUT2D eigenvalue weighted by Gasteiger charge is 2.22. The van der Waals surface area contributed by atoms with Gasteiger partial charge in [0, 0.05) is 21.7 Å². The van der Waals surface area contributed by atoms with Gasteiger partial charge < -0.3 is 10.1 Å². The number of carbonyl (C=O) groups excluding carboxylic acids is 2. The number of fused-ring (bicyclic) bond motifs is 1. The highest BCUT2D eigenvalue weighted by atomic mass is 79.9. The third-order valence-electron chi connectivity index (χ3n) is 4.43. The Hall–Kier alpha value is -3.30. The van der Waals surface area contributed by atoms with Crippen molar-refractivity contribution in [3.63, 3.8) is 0 Å². The van der Waals surface area contributed by atoms with Crippen LogP contribution in [0.2, 0.25) is 0 Å². The molecule has 4 rings (SSSR count). The summed E-state index contributed by atoms with van der Waals surface area (Å²) in [5.41, 5.74) is 0.971. The first-order chi connectivity index (χ1) is 15.0. The zero-order chi connectivity index (χ0) is 22.0. The van der Waals surface area contributed by atoms with E-state index in [4.69, 9.17) is 4.74 Å². The van der Waals surface area contributed by atoms with E-state index in [0.717, 1.165) is 14.9 Å². The molecule has 31 heavy (non-hydrogen) atoms. The number of hydrogen-bond donors (Lipinski definition) is 1. The quantitative estimate of drug-likeness (QED) is 0.406. The topological polar surface area (TPSA) is 89.8 Å². The molecule has 3 heterocycles. The van der Waals surface area contributed by atoms with Crippen molar-refractivity contribution in [1.82, 2.24) is 9.38 Å². The molecule has 0 aliphatic carbocycles. The Bertz CT molecular complexity index is 1350. The van der Waals surface area contributed by atoms with Gasteiger partial charge in [0.2, 0.25) is 0 Å². The first-order valence-electron chi connectivity index (χ1n) is 9.32. The number of ether oxygens (including phenoxy) is 1. The molecular weight excluding hydrogens is 482 g/mol. The average molecular weight is 498 g/mol. The molecule has 4 aromatic rings. The maximum atomic E-state index is 12.9. The van der Waals surface area contributed by atoms with Gasteiger partial charge in [0.1, 0.15) is 16.1 Å². The van der Waals surface area contributed by atoms with Crippen molar-refractivity contribution in [2.75, 3.05) is 11.9 Å². The Morgan fingerprint density at radius 2 is 1.97 bits per heavy atom. The number of aromatic nitrogens is 2. The highest BCUT2D eigenvalue weighted by molar-refractivity contribution is 9.10. The Morgan fingerprint density at radius 1 is 1.19 bits per heavy atom. The number of amides is 1. The molecule has 0 radical (unpaired) electrons. The summed E-state index contributed by atoms with van der Waals surface area (Å²) in [5, 5.41) is 2.68. The Labute approximate surface area is 189 Å². The SMILES string of the molecule is CCOC(=O)c1sc(-c2ccc(Br)cc2)cc1NC(=O)c1cnc2ccccn2c1=O. The molecule has 3 aromatic heterocycles. The lowest BCUT2D eigenvalue weighted by molar-refractivity contribution is 0.0533. The van der Waals surface area contributed by atoms with Crippen molar-refractivity contribution in [3.8, 4) is 10.4 Å². The van der Waals surface area contributed by atoms with E-state index in [2.05, 4.69) is 26.2 Å². The number of carbonyl (C=O) groups is 2. The van der Waals surface area contributed by atoms with Gasteiger partial charge >= 0.3 is 5.97 Å². The second-order valence-electron chi connectivity index (χ2n) is 6.44. The molecule has 0 unspecified atom stereocenters. The van der Waals surface area contributed by atoms with Crippen molar-refractivity contribution in [1.29, 1.82) is 0 Å². The molecule has 0 saturated heterocycles. The van der Waals surface area contributed by atoms with Crippen LogP contribution >= 0.6 is 27.3 Å². The van der Waals surface area contributed by atoms with Gasteiger partial charge in [0.25, 0.3) is 11.5 Å². The fourth-order valence-electron chi connectivity index (χ4n) is 2.96. The van der Waals surface area contributed by atoms with Crippen molar-refractivity contribution in [2.45, 2.75) is 6.92 Å². The van der Waals surface area contributed by atoms with Crippen LogP contribution in [0.3, 0.4) is 0 Å². The van der Waals surface area contributed by atoms with E-state index >= 15 is 0 Å². The second kappa shape index (κ2) is 8.83. The molecule has 1 N–H and O–H groups in total. The van der Waals surface area contributed by atoms with Crippen LogP contribution in [0.1, 0.15) is 27.0 Å². The number of nitrogens with one attached hydrogen (secondary N) is 1. The first-order valence-corrected chi connectivity index (χ1v) is 10.9. The maximum absolute atomic E-state index is 12.9. The predicted octanol–water partition coefficient (Wildman–Crippen LogP) is 4.61. The second-order valence-corrected chi connectivity index (χ2v) is 8.41. The standard InChI is InChI=1S/C22H16BrN3O4S/c1-2-30-22(29)19-16(11-17(31-19)13-6-8-14(23)9-7-13)25-20(27)15-12-24-18-5-3-4-10-26(18)21(15)28/h3-12H,2H2,1H3,(H,25,27). The number of thiophene rings is 1. The maximum Gasteiger partial charge on any atom is 0.350 e. The minimum Gasteiger partial charge on any atom is -0.462 e. The van der Waals surface area contributed by atoms with Crippen LogP contribution in [0.25, 0.3) is 16.1 Å². The molecule has 9 heteroatoms. The molecule has 1 amide bonds. The third kappa shape index (κ3) is 4.28. The van der Waals surface area contributed by atoms with Crippen molar-refractivity contribution in [2.24, 2.45) is 0 Å². The van der Waals surface area contributed by atoms with E-state index in [1.165, 1.54) is 21.9 Å². The van der Waals surface area contributed by atoms with Crippen LogP contribution in [0.4, 0.5) is 5.69 Å². The van der Waals surface area contributed by atoms with Gasteiger partial charge in [-0.15, -0.1) is 11.3 Å². The third-order valence-corrected chi connectivity index (χ3v) is 6.12. The van der Waals surface area contributed by atoms with E-state index in [0.29, 0.717) is 5.65 Å². The van der Waals surface area contributed by atoms with E-state index in [-0.39, 0.29) is 22.7 Å². The van der Waals surface area contributed by atoms with Gasteiger partial charge in [-0.1, -0.05) is 34.1 Å². The summed E-state index contributed by atoms with van der Waals surface area (Å²) in [6, 6.07) is 14.4. The van der Waals surface area contributed by atoms with Gasteiger partial charge in [0.15, 0.2) is 0 Å². The van der Waals surface area contributed by atoms with Gasteiger partial charge in [-0.05, 0) is 42.8 Å². The van der Waals surface area contributed by atoms with Crippen LogP contribution in [0.15, 0.2) is 70.2 Å². The highest BCUT2D eigenvalue weighted by Crippen LogP contribution is 2.36. The molecule has 7 nitrogen and oxygen atoms in total. The van der Waals surface area contributed by atoms with E-state index in [1.807, 2.05) is 24.3 Å². The summed E-state index contributed by atoms with van der Waals surface area (Å²) in [4.78, 5) is 43.3. The summed E-state index contributed by atoms with van der Waals surface area (Å²) in [5.74, 6) is -1.19. The number of nitrogens with zero attached hydrogens (tertiary/aromatic N) is 2. The van der Waals surface area contributed by atoms with Crippen LogP contribution in [0, 0.1) is 0 Å². The van der Waals surface area contributed by atoms with Crippen LogP contribution in [0.5, 0.6) is 0 Å². The molecule has 0 aliphatic rings. The van der Waals surface area contributed by atoms with E-state index in [1.54, 1.807) is 37.4 Å². The number of benzene rings is 1. The number of anilines is 1. The summed E-state index contributed by atoms with van der Waals surface area (Å²) in [6.07, 6.45) is 2.78. The number of esters is 1. The van der Waals surface area contributed by atoms with Crippen LogP contribution < -0.4 is 10.9 Å². The van der Waals surface area contributed by atoms with Crippen molar-refractivity contribution in [3.05, 3.63) is 86.2 Å². The van der Waals surface area contributed by atoms with Gasteiger partial charge in [-0.25, -0.2) is 9.78 Å². The molecule has 0 spiro atoms. The fraction of sp³-hybridized carbons (Fsp3) is 0.0909. The van der Waals surface area contributed by atoms with Gasteiger partial charge in [0.05, 0.1) is 12.3 Å². The number of pyridine rings is 1. The Kier molecular flexibility index (Phi) is 5.97. The van der Waals surface area contributed by atoms with Gasteiger partial charge in [-0.2, -0.15) is 0 Å². The molecule has 0 fully saturated rings. The zero-order valence-electron chi connectivity index (χ0n) is 16.3. The average Bonchev–Trinajstić information content (AvgIpc) is 3.18. The van der Waals surface area contributed by atoms with Crippen molar-refractivity contribution < 1.29 is 14.3 Å². The number of rotatable bonds is 5. The monoisotopic (exact) mass is 497 g/mol. The summed E-state index contributed by atoms with van der Waals surface area (Å²) in [7, 11) is 0. The summed E-state index contributed by atoms with van der Waals surface area (Å²) < 4.78 is 7.36. The molecule has 0 atom stereocenters. The summed E-state index contributed by atoms with van der Waals surface area (Å²) in [6.45, 7) is 1.91. The molecular formula is C22H16BrN3O4S. The van der Waals surface area contributed by atoms with E-state index in [9.17, 15) is 14.4 Å². The fourth-order valence-corrected chi connectivity index (χ4v) is 4.24. The lowest BCUT2D eigenvalue weighted by Gasteiger charge is -2.07. The van der Waals surface area contributed by atoms with Crippen LogP contribution in [-0.4, -0.2) is 27.9 Å². The zero-order valence-corrected chi connectivity index (χ0v) is 18.7. The predicted molar refractivity (Wildman–Crippen MR) is 123 cm³/mol. The number of halogens is 1. The van der Waals surface area contributed by atoms with Crippen molar-refractivity contribution >= 4 is 50.5 Å². The largest absolute Gasteiger partial charge is 0.462 e. The molecule has 0 aliphatic heterocycles. The Morgan fingerprint density at radius 3 is 2.71 bits per heavy atom. The minimum absolute atomic E-state index is 0.130. The minimum atomic E-state index is -0.651. The Balaban J connectivity index is 1.72.